The molecule has 7 heteroatoms. The number of benzene rings is 3. The van der Waals surface area contributed by atoms with Gasteiger partial charge in [-0.1, -0.05) is 66.4 Å². The molecule has 0 heterocycles. The molecule has 1 amide bonds. The van der Waals surface area contributed by atoms with Crippen molar-refractivity contribution >= 4 is 11.8 Å². The van der Waals surface area contributed by atoms with Crippen LogP contribution in [-0.2, 0) is 4.74 Å². The third-order valence-electron chi connectivity index (χ3n) is 5.26. The summed E-state index contributed by atoms with van der Waals surface area (Å²) in [5.41, 5.74) is 3.90. The molecule has 0 aromatic heterocycles. The normalized spacial score (nSPS) is 11.7. The van der Waals surface area contributed by atoms with Crippen LogP contribution in [0.4, 0.5) is 14.9 Å². The Bertz CT molecular complexity index is 1200. The van der Waals surface area contributed by atoms with E-state index in [4.69, 9.17) is 4.74 Å². The molecule has 3 aromatic rings. The van der Waals surface area contributed by atoms with E-state index in [1.54, 1.807) is 0 Å². The standard InChI is InChI=1S/C25H19FN2O4/c26-24-17(9-7-14-23(24)28(30)31)8-5-6-15-27-25(29)32-16-22-20-12-3-1-10-18(20)19-11-2-4-13-21(19)22/h1-4,7,9-14,22H,6,15-16H2,(H,27,29). The summed E-state index contributed by atoms with van der Waals surface area (Å²) in [7, 11) is 0. The van der Waals surface area contributed by atoms with Crippen LogP contribution in [0.2, 0.25) is 0 Å². The quantitative estimate of drug-likeness (QED) is 0.267. The third kappa shape index (κ3) is 4.30. The van der Waals surface area contributed by atoms with Gasteiger partial charge in [-0.05, 0) is 28.3 Å². The molecule has 160 valence electrons. The van der Waals surface area contributed by atoms with E-state index in [0.717, 1.165) is 28.3 Å². The van der Waals surface area contributed by atoms with Gasteiger partial charge in [-0.3, -0.25) is 10.1 Å². The molecule has 0 saturated carbocycles. The number of nitrogens with one attached hydrogen (secondary N) is 1. The smallest absolute Gasteiger partial charge is 0.407 e. The lowest BCUT2D eigenvalue weighted by Gasteiger charge is -2.14. The second-order valence-corrected chi connectivity index (χ2v) is 7.20. The molecule has 4 rings (SSSR count). The number of hydrogen-bond acceptors (Lipinski definition) is 4. The van der Waals surface area contributed by atoms with Crippen molar-refractivity contribution in [3.63, 3.8) is 0 Å². The fraction of sp³-hybridized carbons (Fsp3) is 0.160. The Labute approximate surface area is 184 Å². The summed E-state index contributed by atoms with van der Waals surface area (Å²) in [6.45, 7) is 0.421. The van der Waals surface area contributed by atoms with E-state index < -0.39 is 22.5 Å². The molecule has 0 spiro atoms. The lowest BCUT2D eigenvalue weighted by atomic mass is 9.98. The average Bonchev–Trinajstić information content (AvgIpc) is 3.12. The molecule has 0 aliphatic heterocycles. The highest BCUT2D eigenvalue weighted by Crippen LogP contribution is 2.44. The van der Waals surface area contributed by atoms with Crippen LogP contribution in [-0.4, -0.2) is 24.2 Å². The molecule has 0 radical (unpaired) electrons. The third-order valence-corrected chi connectivity index (χ3v) is 5.26. The van der Waals surface area contributed by atoms with Gasteiger partial charge in [0.05, 0.1) is 10.5 Å². The Kier molecular flexibility index (Phi) is 6.13. The second-order valence-electron chi connectivity index (χ2n) is 7.20. The number of amides is 1. The first-order valence-corrected chi connectivity index (χ1v) is 10.1. The number of rotatable bonds is 5. The van der Waals surface area contributed by atoms with Gasteiger partial charge >= 0.3 is 11.8 Å². The van der Waals surface area contributed by atoms with Crippen LogP contribution in [0.3, 0.4) is 0 Å². The topological polar surface area (TPSA) is 81.5 Å². The van der Waals surface area contributed by atoms with Crippen LogP contribution in [0, 0.1) is 27.8 Å². The van der Waals surface area contributed by atoms with Crippen molar-refractivity contribution in [2.75, 3.05) is 13.2 Å². The van der Waals surface area contributed by atoms with E-state index in [9.17, 15) is 19.3 Å². The zero-order valence-corrected chi connectivity index (χ0v) is 17.0. The summed E-state index contributed by atoms with van der Waals surface area (Å²) in [4.78, 5) is 22.1. The maximum Gasteiger partial charge on any atom is 0.407 e. The summed E-state index contributed by atoms with van der Waals surface area (Å²) in [5, 5.41) is 13.4. The monoisotopic (exact) mass is 430 g/mol. The molecular formula is C25H19FN2O4. The number of nitro benzene ring substituents is 1. The average molecular weight is 430 g/mol. The Morgan fingerprint density at radius 2 is 1.69 bits per heavy atom. The van der Waals surface area contributed by atoms with E-state index >= 15 is 0 Å². The zero-order chi connectivity index (χ0) is 22.5. The molecular weight excluding hydrogens is 411 g/mol. The summed E-state index contributed by atoms with van der Waals surface area (Å²) in [6.07, 6.45) is -0.318. The molecule has 0 atom stereocenters. The minimum atomic E-state index is -0.963. The van der Waals surface area contributed by atoms with E-state index in [1.165, 1.54) is 12.1 Å². The highest BCUT2D eigenvalue weighted by Gasteiger charge is 2.28. The second kappa shape index (κ2) is 9.31. The molecule has 1 aliphatic rings. The summed E-state index contributed by atoms with van der Waals surface area (Å²) in [6, 6.07) is 20.0. The van der Waals surface area contributed by atoms with Gasteiger partial charge in [0, 0.05) is 24.9 Å². The summed E-state index contributed by atoms with van der Waals surface area (Å²) < 4.78 is 19.4. The lowest BCUT2D eigenvalue weighted by molar-refractivity contribution is -0.387. The van der Waals surface area contributed by atoms with Crippen LogP contribution < -0.4 is 5.32 Å². The fourth-order valence-corrected chi connectivity index (χ4v) is 3.79. The van der Waals surface area contributed by atoms with E-state index in [-0.39, 0.29) is 31.1 Å². The summed E-state index contributed by atoms with van der Waals surface area (Å²) >= 11 is 0. The van der Waals surface area contributed by atoms with Gasteiger partial charge in [0.2, 0.25) is 5.82 Å². The van der Waals surface area contributed by atoms with Crippen molar-refractivity contribution in [2.45, 2.75) is 12.3 Å². The SMILES string of the molecule is O=C(NCCC#Cc1cccc([N+](=O)[O-])c1F)OCC1c2ccccc2-c2ccccc21. The molecule has 0 saturated heterocycles. The number of fused-ring (bicyclic) bond motifs is 3. The number of nitro groups is 1. The van der Waals surface area contributed by atoms with E-state index in [2.05, 4.69) is 29.3 Å². The first kappa shape index (κ1) is 21.1. The minimum Gasteiger partial charge on any atom is -0.449 e. The number of alkyl carbamates (subject to hydrolysis) is 1. The Balaban J connectivity index is 1.30. The number of halogens is 1. The van der Waals surface area contributed by atoms with Crippen molar-refractivity contribution in [2.24, 2.45) is 0 Å². The first-order chi connectivity index (χ1) is 15.6. The van der Waals surface area contributed by atoms with Crippen molar-refractivity contribution in [3.05, 3.63) is 99.4 Å². The molecule has 3 aromatic carbocycles. The predicted octanol–water partition coefficient (Wildman–Crippen LogP) is 5.01. The van der Waals surface area contributed by atoms with Crippen molar-refractivity contribution < 1.29 is 18.8 Å². The maximum absolute atomic E-state index is 14.0. The van der Waals surface area contributed by atoms with Crippen LogP contribution in [0.15, 0.2) is 66.7 Å². The Morgan fingerprint density at radius 1 is 1.03 bits per heavy atom. The number of hydrogen-bond donors (Lipinski definition) is 1. The number of carbonyl (C=O) groups excluding carboxylic acids is 1. The molecule has 0 fully saturated rings. The molecule has 1 N–H and O–H groups in total. The van der Waals surface area contributed by atoms with Gasteiger partial charge in [-0.25, -0.2) is 4.79 Å². The van der Waals surface area contributed by atoms with Gasteiger partial charge in [0.1, 0.15) is 6.61 Å². The molecule has 32 heavy (non-hydrogen) atoms. The van der Waals surface area contributed by atoms with Crippen molar-refractivity contribution in [1.82, 2.24) is 5.32 Å². The zero-order valence-electron chi connectivity index (χ0n) is 17.0. The first-order valence-electron chi connectivity index (χ1n) is 10.1. The summed E-state index contributed by atoms with van der Waals surface area (Å²) in [5.74, 6) is 4.28. The number of ether oxygens (including phenoxy) is 1. The molecule has 1 aliphatic carbocycles. The number of nitrogens with zero attached hydrogens (tertiary/aromatic N) is 1. The van der Waals surface area contributed by atoms with Gasteiger partial charge in [-0.2, -0.15) is 4.39 Å². The Morgan fingerprint density at radius 3 is 2.34 bits per heavy atom. The maximum atomic E-state index is 14.0. The molecule has 6 nitrogen and oxygen atoms in total. The van der Waals surface area contributed by atoms with Gasteiger partial charge in [0.15, 0.2) is 0 Å². The highest BCUT2D eigenvalue weighted by molar-refractivity contribution is 5.79. The van der Waals surface area contributed by atoms with Gasteiger partial charge in [0.25, 0.3) is 0 Å². The van der Waals surface area contributed by atoms with Gasteiger partial charge < -0.3 is 10.1 Å². The molecule has 0 bridgehead atoms. The van der Waals surface area contributed by atoms with E-state index in [0.29, 0.717) is 0 Å². The lowest BCUT2D eigenvalue weighted by Crippen LogP contribution is -2.26. The minimum absolute atomic E-state index is 0.0233. The van der Waals surface area contributed by atoms with Gasteiger partial charge in [-0.15, -0.1) is 0 Å². The van der Waals surface area contributed by atoms with E-state index in [1.807, 2.05) is 36.4 Å². The molecule has 0 unspecified atom stereocenters. The van der Waals surface area contributed by atoms with Crippen molar-refractivity contribution in [1.29, 1.82) is 0 Å². The highest BCUT2D eigenvalue weighted by atomic mass is 19.1. The van der Waals surface area contributed by atoms with Crippen LogP contribution in [0.1, 0.15) is 29.0 Å². The van der Waals surface area contributed by atoms with Crippen LogP contribution >= 0.6 is 0 Å². The largest absolute Gasteiger partial charge is 0.449 e. The number of carbonyl (C=O) groups is 1. The Hall–Kier alpha value is -4.18. The van der Waals surface area contributed by atoms with Crippen LogP contribution in [0.25, 0.3) is 11.1 Å². The van der Waals surface area contributed by atoms with Crippen molar-refractivity contribution in [3.8, 4) is 23.0 Å². The predicted molar refractivity (Wildman–Crippen MR) is 118 cm³/mol. The fourth-order valence-electron chi connectivity index (χ4n) is 3.79. The van der Waals surface area contributed by atoms with Crippen LogP contribution in [0.5, 0.6) is 0 Å².